The number of nitrogens with zero attached hydrogens (tertiary/aromatic N) is 1. The minimum absolute atomic E-state index is 0. The summed E-state index contributed by atoms with van der Waals surface area (Å²) in [7, 11) is -3.38. The van der Waals surface area contributed by atoms with Crippen LogP contribution in [0.3, 0.4) is 0 Å². The highest BCUT2D eigenvalue weighted by atomic mass is 127. The van der Waals surface area contributed by atoms with E-state index in [0.29, 0.717) is 28.1 Å². The minimum Gasteiger partial charge on any atom is -0.386 e. The number of benzene rings is 2. The van der Waals surface area contributed by atoms with Gasteiger partial charge in [-0.05, 0) is 42.8 Å². The van der Waals surface area contributed by atoms with Crippen molar-refractivity contribution in [3.8, 4) is 0 Å². The third kappa shape index (κ3) is 8.67. The van der Waals surface area contributed by atoms with Gasteiger partial charge in [-0.3, -0.25) is 4.99 Å². The maximum absolute atomic E-state index is 12.3. The van der Waals surface area contributed by atoms with Crippen molar-refractivity contribution in [1.82, 2.24) is 10.6 Å². The van der Waals surface area contributed by atoms with Gasteiger partial charge in [-0.2, -0.15) is 0 Å². The van der Waals surface area contributed by atoms with Crippen molar-refractivity contribution in [2.75, 3.05) is 25.4 Å². The number of guanidine groups is 1. The molecule has 0 saturated heterocycles. The zero-order chi connectivity index (χ0) is 20.6. The van der Waals surface area contributed by atoms with Crippen molar-refractivity contribution in [1.29, 1.82) is 0 Å². The molecular weight excluding hydrogens is 548 g/mol. The van der Waals surface area contributed by atoms with Crippen LogP contribution in [0.4, 0.5) is 0 Å². The predicted molar refractivity (Wildman–Crippen MR) is 129 cm³/mol. The highest BCUT2D eigenvalue weighted by Crippen LogP contribution is 2.23. The first-order chi connectivity index (χ1) is 13.3. The number of nitrogens with one attached hydrogen (secondary N) is 2. The quantitative estimate of drug-likeness (QED) is 0.255. The molecule has 3 N–H and O–H groups in total. The molecule has 2 aromatic rings. The normalized spacial score (nSPS) is 12.8. The number of aliphatic hydroxyl groups excluding tert-OH is 1. The van der Waals surface area contributed by atoms with E-state index in [-0.39, 0.29) is 47.7 Å². The fourth-order valence-electron chi connectivity index (χ4n) is 2.44. The SMILES string of the molecule is CCNC(=NCC(O)c1cc(Cl)cc(Cl)c1)NCCS(=O)(=O)c1ccccc1.I. The minimum atomic E-state index is -3.38. The molecule has 2 rings (SSSR count). The molecule has 2 aromatic carbocycles. The van der Waals surface area contributed by atoms with E-state index >= 15 is 0 Å². The molecule has 0 amide bonds. The van der Waals surface area contributed by atoms with Crippen LogP contribution in [-0.2, 0) is 9.84 Å². The molecule has 0 bridgehead atoms. The largest absolute Gasteiger partial charge is 0.386 e. The van der Waals surface area contributed by atoms with E-state index in [1.165, 1.54) is 0 Å². The van der Waals surface area contributed by atoms with E-state index in [1.54, 1.807) is 48.5 Å². The van der Waals surface area contributed by atoms with Crippen LogP contribution in [-0.4, -0.2) is 44.9 Å². The second-order valence-corrected chi connectivity index (χ2v) is 8.98. The van der Waals surface area contributed by atoms with Crippen molar-refractivity contribution in [3.05, 3.63) is 64.1 Å². The van der Waals surface area contributed by atoms with Gasteiger partial charge in [0.25, 0.3) is 0 Å². The first-order valence-electron chi connectivity index (χ1n) is 8.76. The molecule has 0 aliphatic rings. The van der Waals surface area contributed by atoms with Crippen molar-refractivity contribution in [2.45, 2.75) is 17.9 Å². The molecule has 0 radical (unpaired) electrons. The first-order valence-corrected chi connectivity index (χ1v) is 11.2. The van der Waals surface area contributed by atoms with Gasteiger partial charge < -0.3 is 15.7 Å². The Morgan fingerprint density at radius 1 is 1.10 bits per heavy atom. The first kappa shape index (κ1) is 26.0. The Hall–Kier alpha value is -1.07. The molecule has 0 aromatic heterocycles. The van der Waals surface area contributed by atoms with Crippen LogP contribution in [0.2, 0.25) is 10.0 Å². The second-order valence-electron chi connectivity index (χ2n) is 6.00. The standard InChI is InChI=1S/C19H23Cl2N3O3S.HI/c1-2-22-19(23-8-9-28(26,27)17-6-4-3-5-7-17)24-13-18(25)14-10-15(20)12-16(21)11-14;/h3-7,10-12,18,25H,2,8-9,13H2,1H3,(H2,22,23,24);1H. The Bertz CT molecular complexity index is 892. The molecular formula is C19H24Cl2IN3O3S. The van der Waals surface area contributed by atoms with E-state index in [4.69, 9.17) is 23.2 Å². The molecule has 29 heavy (non-hydrogen) atoms. The Labute approximate surface area is 198 Å². The number of hydrogen-bond donors (Lipinski definition) is 3. The summed E-state index contributed by atoms with van der Waals surface area (Å²) in [6.45, 7) is 2.74. The lowest BCUT2D eigenvalue weighted by Crippen LogP contribution is -2.39. The van der Waals surface area contributed by atoms with Crippen LogP contribution in [0.15, 0.2) is 58.4 Å². The molecule has 1 atom stereocenters. The Morgan fingerprint density at radius 3 is 2.31 bits per heavy atom. The summed E-state index contributed by atoms with van der Waals surface area (Å²) in [4.78, 5) is 4.59. The predicted octanol–water partition coefficient (Wildman–Crippen LogP) is 3.67. The number of hydrogen-bond acceptors (Lipinski definition) is 4. The van der Waals surface area contributed by atoms with Gasteiger partial charge in [0.1, 0.15) is 0 Å². The van der Waals surface area contributed by atoms with Crippen LogP contribution < -0.4 is 10.6 Å². The molecule has 6 nitrogen and oxygen atoms in total. The summed E-state index contributed by atoms with van der Waals surface area (Å²) in [5.41, 5.74) is 0.559. The third-order valence-electron chi connectivity index (χ3n) is 3.80. The van der Waals surface area contributed by atoms with E-state index in [2.05, 4.69) is 15.6 Å². The van der Waals surface area contributed by atoms with Crippen LogP contribution >= 0.6 is 47.2 Å². The van der Waals surface area contributed by atoms with E-state index in [1.807, 2.05) is 6.92 Å². The van der Waals surface area contributed by atoms with Crippen LogP contribution in [0, 0.1) is 0 Å². The van der Waals surface area contributed by atoms with Gasteiger partial charge in [-0.15, -0.1) is 24.0 Å². The number of aliphatic hydroxyl groups is 1. The lowest BCUT2D eigenvalue weighted by molar-refractivity contribution is 0.187. The smallest absolute Gasteiger partial charge is 0.191 e. The molecule has 0 heterocycles. The average Bonchev–Trinajstić information content (AvgIpc) is 2.65. The Kier molecular flexibility index (Phi) is 11.3. The maximum atomic E-state index is 12.3. The zero-order valence-electron chi connectivity index (χ0n) is 15.8. The highest BCUT2D eigenvalue weighted by Gasteiger charge is 2.14. The van der Waals surface area contributed by atoms with Crippen molar-refractivity contribution in [3.63, 3.8) is 0 Å². The number of sulfone groups is 1. The fourth-order valence-corrected chi connectivity index (χ4v) is 4.16. The van der Waals surface area contributed by atoms with Crippen molar-refractivity contribution < 1.29 is 13.5 Å². The van der Waals surface area contributed by atoms with Gasteiger partial charge in [-0.25, -0.2) is 8.42 Å². The third-order valence-corrected chi connectivity index (χ3v) is 5.97. The Balaban J connectivity index is 0.00000420. The number of halogens is 3. The Morgan fingerprint density at radius 2 is 1.72 bits per heavy atom. The van der Waals surface area contributed by atoms with E-state index in [9.17, 15) is 13.5 Å². The lowest BCUT2D eigenvalue weighted by Gasteiger charge is -2.14. The topological polar surface area (TPSA) is 90.8 Å². The summed E-state index contributed by atoms with van der Waals surface area (Å²) in [5, 5.41) is 17.2. The fraction of sp³-hybridized carbons (Fsp3) is 0.316. The molecule has 0 saturated carbocycles. The number of aliphatic imine (C=N–C) groups is 1. The molecule has 0 aliphatic carbocycles. The van der Waals surface area contributed by atoms with Crippen LogP contribution in [0.5, 0.6) is 0 Å². The molecule has 160 valence electrons. The maximum Gasteiger partial charge on any atom is 0.191 e. The molecule has 10 heteroatoms. The van der Waals surface area contributed by atoms with Crippen LogP contribution in [0.1, 0.15) is 18.6 Å². The van der Waals surface area contributed by atoms with Crippen molar-refractivity contribution >= 4 is 63.0 Å². The van der Waals surface area contributed by atoms with Gasteiger partial charge in [0.05, 0.1) is 23.3 Å². The highest BCUT2D eigenvalue weighted by molar-refractivity contribution is 14.0. The molecule has 0 fully saturated rings. The summed E-state index contributed by atoms with van der Waals surface area (Å²) >= 11 is 11.9. The lowest BCUT2D eigenvalue weighted by atomic mass is 10.1. The van der Waals surface area contributed by atoms with E-state index in [0.717, 1.165) is 0 Å². The van der Waals surface area contributed by atoms with Gasteiger partial charge in [-0.1, -0.05) is 41.4 Å². The van der Waals surface area contributed by atoms with Gasteiger partial charge in [0.15, 0.2) is 15.8 Å². The van der Waals surface area contributed by atoms with Gasteiger partial charge in [0.2, 0.25) is 0 Å². The molecule has 1 unspecified atom stereocenters. The summed E-state index contributed by atoms with van der Waals surface area (Å²) in [6.07, 6.45) is -0.889. The zero-order valence-corrected chi connectivity index (χ0v) is 20.5. The monoisotopic (exact) mass is 571 g/mol. The second kappa shape index (κ2) is 12.6. The average molecular weight is 572 g/mol. The van der Waals surface area contributed by atoms with Crippen molar-refractivity contribution in [2.24, 2.45) is 4.99 Å². The van der Waals surface area contributed by atoms with E-state index < -0.39 is 15.9 Å². The van der Waals surface area contributed by atoms with Crippen LogP contribution in [0.25, 0.3) is 0 Å². The molecule has 0 spiro atoms. The van der Waals surface area contributed by atoms with Gasteiger partial charge >= 0.3 is 0 Å². The molecule has 0 aliphatic heterocycles. The summed E-state index contributed by atoms with van der Waals surface area (Å²) < 4.78 is 24.6. The summed E-state index contributed by atoms with van der Waals surface area (Å²) in [5.74, 6) is 0.339. The number of rotatable bonds is 8. The van der Waals surface area contributed by atoms with Gasteiger partial charge in [0, 0.05) is 23.1 Å². The summed E-state index contributed by atoms with van der Waals surface area (Å²) in [6, 6.07) is 13.1.